The molecule has 0 saturated carbocycles. The van der Waals surface area contributed by atoms with Gasteiger partial charge in [-0.2, -0.15) is 44.3 Å². The van der Waals surface area contributed by atoms with E-state index in [4.69, 9.17) is 4.74 Å². The normalized spacial score (nSPS) is 17.9. The molecule has 276 valence electrons. The van der Waals surface area contributed by atoms with E-state index in [1.807, 2.05) is 4.90 Å². The molecule has 1 N–H and O–H groups in total. The Morgan fingerprint density at radius 1 is 0.882 bits per heavy atom. The molecule has 1 aliphatic rings. The molecule has 2 unspecified atom stereocenters. The van der Waals surface area contributed by atoms with E-state index >= 15 is 0 Å². The van der Waals surface area contributed by atoms with Crippen LogP contribution < -0.4 is 9.64 Å². The Balaban J connectivity index is 1.50. The van der Waals surface area contributed by atoms with Crippen LogP contribution in [-0.2, 0) is 38.7 Å². The second-order valence-corrected chi connectivity index (χ2v) is 12.4. The summed E-state index contributed by atoms with van der Waals surface area (Å²) >= 11 is 0. The zero-order valence-electron chi connectivity index (χ0n) is 27.1. The SMILES string of the molecule is CCC(c1ccc(C(F)(F)F)cc1CN(Cc1cc(C(F)(F)F)cc(C(F)(F)F)c1)c1nnn(C)n1)N1CCC(O)(COc2cccc(F)c2)C1. The number of nitrogens with zero attached hydrogens (tertiary/aromatic N) is 6. The summed E-state index contributed by atoms with van der Waals surface area (Å²) in [6.45, 7) is 0.761. The van der Waals surface area contributed by atoms with E-state index in [1.165, 1.54) is 31.3 Å². The van der Waals surface area contributed by atoms with Crippen molar-refractivity contribution in [1.29, 1.82) is 0 Å². The molecule has 1 fully saturated rings. The van der Waals surface area contributed by atoms with Crippen LogP contribution in [0.1, 0.15) is 59.2 Å². The van der Waals surface area contributed by atoms with Gasteiger partial charge in [0, 0.05) is 38.3 Å². The number of rotatable bonds is 11. The molecule has 0 spiro atoms. The summed E-state index contributed by atoms with van der Waals surface area (Å²) in [4.78, 5) is 3.96. The lowest BCUT2D eigenvalue weighted by molar-refractivity contribution is -0.143. The van der Waals surface area contributed by atoms with Crippen LogP contribution >= 0.6 is 0 Å². The molecule has 5 rings (SSSR count). The van der Waals surface area contributed by atoms with Crippen molar-refractivity contribution in [2.45, 2.75) is 63.0 Å². The minimum absolute atomic E-state index is 0.0222. The van der Waals surface area contributed by atoms with Crippen LogP contribution in [0.4, 0.5) is 49.9 Å². The number of aryl methyl sites for hydroxylation is 1. The molecular formula is C33H32F10N6O2. The standard InChI is InChI=1S/C33H32F10N6O2/c1-3-28(48-10-9-30(50,18-48)19-51-26-6-4-5-25(34)15-26)27-8-7-22(31(35,36)37)13-21(27)17-49(29-44-46-47(2)45-29)16-20-11-23(32(38,39)40)14-24(12-20)33(41,42)43/h4-8,11-15,28,50H,3,9-10,16-19H2,1-2H3. The first-order valence-electron chi connectivity index (χ1n) is 15.6. The number of alkyl halides is 9. The minimum atomic E-state index is -5.13. The van der Waals surface area contributed by atoms with Gasteiger partial charge in [-0.25, -0.2) is 4.39 Å². The maximum absolute atomic E-state index is 14.0. The van der Waals surface area contributed by atoms with Crippen molar-refractivity contribution < 1.29 is 53.7 Å². The van der Waals surface area contributed by atoms with Crippen LogP contribution in [0.3, 0.4) is 0 Å². The Kier molecular flexibility index (Phi) is 10.6. The maximum atomic E-state index is 14.0. The molecule has 1 aromatic heterocycles. The Hall–Kier alpha value is -4.45. The molecule has 0 amide bonds. The summed E-state index contributed by atoms with van der Waals surface area (Å²) in [6.07, 6.45) is -14.5. The fourth-order valence-electron chi connectivity index (χ4n) is 6.10. The van der Waals surface area contributed by atoms with E-state index in [0.717, 1.165) is 27.9 Å². The number of tetrazole rings is 1. The third kappa shape index (κ3) is 9.27. The molecular weight excluding hydrogens is 702 g/mol. The summed E-state index contributed by atoms with van der Waals surface area (Å²) < 4.78 is 143. The quantitative estimate of drug-likeness (QED) is 0.159. The van der Waals surface area contributed by atoms with Crippen molar-refractivity contribution in [3.63, 3.8) is 0 Å². The van der Waals surface area contributed by atoms with E-state index in [1.54, 1.807) is 6.92 Å². The van der Waals surface area contributed by atoms with Gasteiger partial charge in [0.05, 0.1) is 23.7 Å². The molecule has 1 saturated heterocycles. The molecule has 0 aliphatic carbocycles. The molecule has 4 aromatic rings. The molecule has 0 radical (unpaired) electrons. The van der Waals surface area contributed by atoms with Crippen LogP contribution in [0.5, 0.6) is 5.75 Å². The minimum Gasteiger partial charge on any atom is -0.490 e. The average molecular weight is 735 g/mol. The lowest BCUT2D eigenvalue weighted by atomic mass is 9.94. The van der Waals surface area contributed by atoms with E-state index in [9.17, 15) is 49.0 Å². The summed E-state index contributed by atoms with van der Waals surface area (Å²) in [5, 5.41) is 22.9. The van der Waals surface area contributed by atoms with E-state index in [2.05, 4.69) is 15.4 Å². The number of benzene rings is 3. The van der Waals surface area contributed by atoms with Crippen molar-refractivity contribution in [3.05, 3.63) is 99.9 Å². The average Bonchev–Trinajstić information content (AvgIpc) is 3.65. The topological polar surface area (TPSA) is 79.5 Å². The predicted octanol–water partition coefficient (Wildman–Crippen LogP) is 7.58. The maximum Gasteiger partial charge on any atom is 0.416 e. The van der Waals surface area contributed by atoms with E-state index in [-0.39, 0.29) is 42.9 Å². The van der Waals surface area contributed by atoms with E-state index in [0.29, 0.717) is 30.7 Å². The van der Waals surface area contributed by atoms with Crippen LogP contribution in [0, 0.1) is 5.82 Å². The van der Waals surface area contributed by atoms with Crippen LogP contribution in [-0.4, -0.2) is 55.5 Å². The van der Waals surface area contributed by atoms with Gasteiger partial charge in [0.2, 0.25) is 0 Å². The molecule has 2 atom stereocenters. The van der Waals surface area contributed by atoms with Gasteiger partial charge < -0.3 is 14.7 Å². The Morgan fingerprint density at radius 3 is 2.12 bits per heavy atom. The summed E-state index contributed by atoms with van der Waals surface area (Å²) in [7, 11) is 1.36. The number of halogens is 10. The molecule has 0 bridgehead atoms. The predicted molar refractivity (Wildman–Crippen MR) is 163 cm³/mol. The molecule has 3 aromatic carbocycles. The van der Waals surface area contributed by atoms with Gasteiger partial charge >= 0.3 is 18.5 Å². The van der Waals surface area contributed by atoms with Crippen LogP contribution in [0.2, 0.25) is 0 Å². The van der Waals surface area contributed by atoms with Crippen molar-refractivity contribution in [1.82, 2.24) is 25.1 Å². The first-order chi connectivity index (χ1) is 23.7. The number of aliphatic hydroxyl groups is 1. The van der Waals surface area contributed by atoms with Gasteiger partial charge in [-0.05, 0) is 77.2 Å². The van der Waals surface area contributed by atoms with Crippen LogP contribution in [0.15, 0.2) is 60.7 Å². The zero-order valence-corrected chi connectivity index (χ0v) is 27.1. The van der Waals surface area contributed by atoms with Gasteiger partial charge in [0.1, 0.15) is 23.8 Å². The number of hydrogen-bond acceptors (Lipinski definition) is 7. The van der Waals surface area contributed by atoms with Gasteiger partial charge in [-0.3, -0.25) is 4.90 Å². The third-order valence-corrected chi connectivity index (χ3v) is 8.48. The Labute approximate surface area is 285 Å². The van der Waals surface area contributed by atoms with E-state index < -0.39 is 71.3 Å². The van der Waals surface area contributed by atoms with Gasteiger partial charge in [0.25, 0.3) is 5.95 Å². The van der Waals surface area contributed by atoms with Crippen molar-refractivity contribution in [2.24, 2.45) is 7.05 Å². The lowest BCUT2D eigenvalue weighted by Crippen LogP contribution is -2.40. The molecule has 1 aliphatic heterocycles. The largest absolute Gasteiger partial charge is 0.490 e. The number of hydrogen-bond donors (Lipinski definition) is 1. The highest BCUT2D eigenvalue weighted by atomic mass is 19.4. The monoisotopic (exact) mass is 734 g/mol. The van der Waals surface area contributed by atoms with Crippen molar-refractivity contribution >= 4 is 5.95 Å². The Morgan fingerprint density at radius 2 is 1.55 bits per heavy atom. The number of ether oxygens (including phenoxy) is 1. The molecule has 8 nitrogen and oxygen atoms in total. The molecule has 51 heavy (non-hydrogen) atoms. The summed E-state index contributed by atoms with van der Waals surface area (Å²) in [6, 6.07) is 8.79. The second-order valence-electron chi connectivity index (χ2n) is 12.4. The number of likely N-dealkylation sites (tertiary alicyclic amines) is 1. The molecule has 18 heteroatoms. The highest BCUT2D eigenvalue weighted by molar-refractivity contribution is 5.42. The van der Waals surface area contributed by atoms with Gasteiger partial charge in [0.15, 0.2) is 0 Å². The zero-order chi connectivity index (χ0) is 37.4. The fraction of sp³-hybridized carbons (Fsp3) is 0.424. The fourth-order valence-corrected chi connectivity index (χ4v) is 6.10. The second kappa shape index (κ2) is 14.3. The van der Waals surface area contributed by atoms with Gasteiger partial charge in [-0.15, -0.1) is 5.10 Å². The first-order valence-corrected chi connectivity index (χ1v) is 15.6. The highest BCUT2D eigenvalue weighted by Gasteiger charge is 2.41. The number of aromatic nitrogens is 4. The Bertz CT molecular complexity index is 1790. The summed E-state index contributed by atoms with van der Waals surface area (Å²) in [5.74, 6) is -0.599. The summed E-state index contributed by atoms with van der Waals surface area (Å²) in [5.41, 5.74) is -5.60. The van der Waals surface area contributed by atoms with Crippen molar-refractivity contribution in [3.8, 4) is 5.75 Å². The smallest absolute Gasteiger partial charge is 0.416 e. The van der Waals surface area contributed by atoms with Gasteiger partial charge in [-0.1, -0.05) is 24.2 Å². The number of anilines is 1. The number of β-amino-alcohol motifs (C(OH)–C–C–N with tert-alkyl or cyclic N) is 1. The lowest BCUT2D eigenvalue weighted by Gasteiger charge is -2.32. The first kappa shape index (κ1) is 37.8. The third-order valence-electron chi connectivity index (χ3n) is 8.48. The van der Waals surface area contributed by atoms with Crippen molar-refractivity contribution in [2.75, 3.05) is 24.6 Å². The van der Waals surface area contributed by atoms with Crippen LogP contribution in [0.25, 0.3) is 0 Å². The molecule has 2 heterocycles. The highest BCUT2D eigenvalue weighted by Crippen LogP contribution is 2.39.